The summed E-state index contributed by atoms with van der Waals surface area (Å²) in [6.45, 7) is 9.67. The lowest BCUT2D eigenvalue weighted by molar-refractivity contribution is 0.657. The molecule has 0 bridgehead atoms. The van der Waals surface area contributed by atoms with E-state index in [4.69, 9.17) is 8.83 Å². The average molecular weight is 1660 g/mol. The van der Waals surface area contributed by atoms with E-state index in [9.17, 15) is 0 Å². The monoisotopic (exact) mass is 1660 g/mol. The van der Waals surface area contributed by atoms with Gasteiger partial charge in [0.1, 0.15) is 22.3 Å². The largest absolute Gasteiger partial charge is 0.456 e. The molecule has 2 nitrogen and oxygen atoms in total. The zero-order chi connectivity index (χ0) is 86.7. The molecule has 0 fully saturated rings. The number of rotatable bonds is 14. The van der Waals surface area contributed by atoms with Crippen molar-refractivity contribution in [1.29, 1.82) is 0 Å². The minimum atomic E-state index is -0.207. The Labute approximate surface area is 758 Å². The zero-order valence-electron chi connectivity index (χ0n) is 72.8. The third-order valence-corrected chi connectivity index (χ3v) is 28.2. The molecular weight excluding hydrogens is 1570 g/mol. The molecule has 21 aromatic carbocycles. The Morgan fingerprint density at radius 1 is 0.162 bits per heavy atom. The van der Waals surface area contributed by atoms with E-state index in [2.05, 4.69) is 464 Å². The highest BCUT2D eigenvalue weighted by Gasteiger charge is 2.39. The van der Waals surface area contributed by atoms with Crippen LogP contribution in [0.4, 0.5) is 0 Å². The Balaban J connectivity index is 0.000000153. The number of fused-ring (bicyclic) bond motifs is 15. The normalized spacial score (nSPS) is 13.1. The Morgan fingerprint density at radius 2 is 0.446 bits per heavy atom. The van der Waals surface area contributed by atoms with Crippen molar-refractivity contribution >= 4 is 76.2 Å². The molecule has 130 heavy (non-hydrogen) atoms. The van der Waals surface area contributed by atoms with Gasteiger partial charge in [-0.15, -0.1) is 0 Å². The molecule has 0 aliphatic heterocycles. The van der Waals surface area contributed by atoms with Gasteiger partial charge in [-0.05, 0) is 260 Å². The number of hydrogen-bond acceptors (Lipinski definition) is 2. The molecule has 1 atom stereocenters. The quantitative estimate of drug-likeness (QED) is 0.101. The molecule has 0 saturated carbocycles. The first-order chi connectivity index (χ1) is 63.9. The van der Waals surface area contributed by atoms with Gasteiger partial charge in [-0.3, -0.25) is 0 Å². The number of furan rings is 2. The summed E-state index contributed by atoms with van der Waals surface area (Å²) in [6.07, 6.45) is 0. The highest BCUT2D eigenvalue weighted by atomic mass is 16.3. The van der Waals surface area contributed by atoms with Gasteiger partial charge in [-0.25, -0.2) is 0 Å². The second-order valence-corrected chi connectivity index (χ2v) is 36.5. The van der Waals surface area contributed by atoms with Gasteiger partial charge < -0.3 is 8.83 Å². The van der Waals surface area contributed by atoms with Crippen LogP contribution in [-0.2, 0) is 10.8 Å². The topological polar surface area (TPSA) is 26.3 Å². The van der Waals surface area contributed by atoms with Gasteiger partial charge in [0.05, 0.1) is 0 Å². The van der Waals surface area contributed by atoms with Crippen LogP contribution in [0.1, 0.15) is 95.2 Å². The van der Waals surface area contributed by atoms with Crippen LogP contribution in [-0.4, -0.2) is 0 Å². The summed E-state index contributed by atoms with van der Waals surface area (Å²) < 4.78 is 12.3. The summed E-state index contributed by atoms with van der Waals surface area (Å²) in [7, 11) is 0. The summed E-state index contributed by atoms with van der Waals surface area (Å²) in [6, 6.07) is 170. The minimum Gasteiger partial charge on any atom is -0.456 e. The van der Waals surface area contributed by atoms with Crippen molar-refractivity contribution in [3.05, 3.63) is 517 Å². The summed E-state index contributed by atoms with van der Waals surface area (Å²) in [4.78, 5) is 0. The first-order valence-corrected chi connectivity index (χ1v) is 45.4. The van der Waals surface area contributed by atoms with Crippen molar-refractivity contribution in [2.45, 2.75) is 50.4 Å². The van der Waals surface area contributed by atoms with Gasteiger partial charge >= 0.3 is 0 Å². The SMILES string of the molecule is CC1(C)c2cc(-c3ccc4ccccc4c3)ccc2-c2ccc(C(c3cccc(-c4ccc(-c5ccc6oc7ccccc7c6c5)cc4)c3)c3ccc4c(c3)C(C)(C)c3cc(-c5ccc6ccccc6c5)ccc3-4)cc21.c1ccc(-c2ccc(-c3ccc(C(c4cccc(-c5ccc(-c6ccc7oc8ccccc8c7c6)cc5)c4)c4cccc5ccccc45)cc3)cc2)cc1. The third kappa shape index (κ3) is 13.7. The molecule has 0 amide bonds. The summed E-state index contributed by atoms with van der Waals surface area (Å²) in [5.74, 6) is 0.0352. The maximum absolute atomic E-state index is 6.17. The Hall–Kier alpha value is -16.0. The van der Waals surface area contributed by atoms with Gasteiger partial charge in [0, 0.05) is 44.2 Å². The molecule has 0 N–H and O–H groups in total. The number of hydrogen-bond donors (Lipinski definition) is 0. The Morgan fingerprint density at radius 3 is 0.915 bits per heavy atom. The predicted molar refractivity (Wildman–Crippen MR) is 546 cm³/mol. The molecule has 2 heterocycles. The first kappa shape index (κ1) is 77.6. The molecule has 0 spiro atoms. The fourth-order valence-electron chi connectivity index (χ4n) is 21.3. The molecular formula is C128H90O2. The molecule has 2 aromatic heterocycles. The lowest BCUT2D eigenvalue weighted by Crippen LogP contribution is -2.17. The third-order valence-electron chi connectivity index (χ3n) is 28.2. The number of para-hydroxylation sites is 2. The maximum Gasteiger partial charge on any atom is 0.135 e. The molecule has 0 saturated heterocycles. The van der Waals surface area contributed by atoms with Crippen molar-refractivity contribution in [3.63, 3.8) is 0 Å². The van der Waals surface area contributed by atoms with E-state index >= 15 is 0 Å². The van der Waals surface area contributed by atoms with E-state index in [1.165, 1.54) is 199 Å². The van der Waals surface area contributed by atoms with Crippen molar-refractivity contribution in [2.75, 3.05) is 0 Å². The highest BCUT2D eigenvalue weighted by molar-refractivity contribution is 6.08. The van der Waals surface area contributed by atoms with E-state index in [0.717, 1.165) is 43.9 Å². The first-order valence-electron chi connectivity index (χ1n) is 45.4. The Kier molecular flexibility index (Phi) is 18.8. The molecule has 0 radical (unpaired) electrons. The van der Waals surface area contributed by atoms with E-state index in [0.29, 0.717) is 0 Å². The molecule has 2 heteroatoms. The second-order valence-electron chi connectivity index (χ2n) is 36.5. The van der Waals surface area contributed by atoms with Crippen LogP contribution in [0.5, 0.6) is 0 Å². The lowest BCUT2D eigenvalue weighted by Gasteiger charge is -2.27. The van der Waals surface area contributed by atoms with E-state index < -0.39 is 0 Å². The fourth-order valence-corrected chi connectivity index (χ4v) is 21.3. The smallest absolute Gasteiger partial charge is 0.135 e. The zero-order valence-corrected chi connectivity index (χ0v) is 72.8. The van der Waals surface area contributed by atoms with Crippen molar-refractivity contribution in [2.24, 2.45) is 0 Å². The van der Waals surface area contributed by atoms with Gasteiger partial charge in [-0.2, -0.15) is 0 Å². The predicted octanol–water partition coefficient (Wildman–Crippen LogP) is 34.9. The average Bonchev–Trinajstić information content (AvgIpc) is 1.57. The maximum atomic E-state index is 6.17. The minimum absolute atomic E-state index is 0.0216. The van der Waals surface area contributed by atoms with Gasteiger partial charge in [-0.1, -0.05) is 428 Å². The van der Waals surface area contributed by atoms with Crippen LogP contribution >= 0.6 is 0 Å². The van der Waals surface area contributed by atoms with Crippen molar-refractivity contribution < 1.29 is 8.83 Å². The van der Waals surface area contributed by atoms with Crippen LogP contribution in [0.25, 0.3) is 187 Å². The molecule has 23 aromatic rings. The summed E-state index contributed by atoms with van der Waals surface area (Å²) >= 11 is 0. The van der Waals surface area contributed by atoms with Gasteiger partial charge in [0.25, 0.3) is 0 Å². The molecule has 2 aliphatic rings. The summed E-state index contributed by atoms with van der Waals surface area (Å²) in [5.41, 5.74) is 41.2. The van der Waals surface area contributed by atoms with Crippen LogP contribution in [0.15, 0.2) is 470 Å². The van der Waals surface area contributed by atoms with Crippen molar-refractivity contribution in [1.82, 2.24) is 0 Å². The number of benzene rings is 21. The van der Waals surface area contributed by atoms with Crippen LogP contribution < -0.4 is 0 Å². The molecule has 614 valence electrons. The van der Waals surface area contributed by atoms with Crippen molar-refractivity contribution in [3.8, 4) is 111 Å². The van der Waals surface area contributed by atoms with Crippen LogP contribution in [0, 0.1) is 0 Å². The molecule has 25 rings (SSSR count). The lowest BCUT2D eigenvalue weighted by atomic mass is 9.76. The summed E-state index contributed by atoms with van der Waals surface area (Å²) in [5, 5.41) is 12.2. The second kappa shape index (κ2) is 31.5. The van der Waals surface area contributed by atoms with Crippen LogP contribution in [0.3, 0.4) is 0 Å². The van der Waals surface area contributed by atoms with E-state index in [1.807, 2.05) is 24.3 Å². The standard InChI is InChI=1S/C75H54O.C53H36O/c1-74(2)67-42-56(53-26-24-46-12-5-7-14-50(46)38-53)28-33-61(67)63-35-30-59(44-69(63)74)73(58-17-11-16-52(40-58)48-20-22-49(23-21-48)55-32-37-72-66(41-55)65-18-9-10-19-71(65)76-72)60-31-36-64-62-34-29-57(43-68(62)75(3,4)70(64)45-60)54-27-25-47-13-6-8-15-51(47)39-54;1-2-10-36(11-3-1)37-20-22-38(23-21-37)39-28-30-43(31-29-39)53(49-18-9-13-42-12-4-5-16-47(42)49)46-15-8-14-44(34-46)40-24-26-41(27-25-40)45-32-33-52-50(35-45)48-17-6-7-19-51(48)54-52/h5-45,73H,1-4H3;1-35,53H. The van der Waals surface area contributed by atoms with Gasteiger partial charge in [0.15, 0.2) is 0 Å². The van der Waals surface area contributed by atoms with Crippen LogP contribution in [0.2, 0.25) is 0 Å². The highest BCUT2D eigenvalue weighted by Crippen LogP contribution is 2.55. The van der Waals surface area contributed by atoms with Gasteiger partial charge in [0.2, 0.25) is 0 Å². The Bertz CT molecular complexity index is 8190. The van der Waals surface area contributed by atoms with E-state index in [1.54, 1.807) is 0 Å². The molecule has 2 aliphatic carbocycles. The molecule has 1 unspecified atom stereocenters. The fraction of sp³-hybridized carbons (Fsp3) is 0.0625. The van der Waals surface area contributed by atoms with E-state index in [-0.39, 0.29) is 22.7 Å².